The van der Waals surface area contributed by atoms with Gasteiger partial charge in [-0.25, -0.2) is 4.98 Å². The zero-order valence-electron chi connectivity index (χ0n) is 15.8. The van der Waals surface area contributed by atoms with E-state index in [1.54, 1.807) is 18.5 Å². The van der Waals surface area contributed by atoms with Gasteiger partial charge in [-0.1, -0.05) is 30.3 Å². The molecule has 3 heterocycles. The Labute approximate surface area is 176 Å². The predicted octanol–water partition coefficient (Wildman–Crippen LogP) is 4.80. The van der Waals surface area contributed by atoms with Crippen LogP contribution in [-0.4, -0.2) is 29.7 Å². The molecular weight excluding hydrogens is 400 g/mol. The lowest BCUT2D eigenvalue weighted by Gasteiger charge is -2.09. The summed E-state index contributed by atoms with van der Waals surface area (Å²) in [7, 11) is 0. The van der Waals surface area contributed by atoms with Crippen molar-refractivity contribution in [3.8, 4) is 22.6 Å². The smallest absolute Gasteiger partial charge is 0.295 e. The fourth-order valence-corrected chi connectivity index (χ4v) is 4.12. The molecule has 4 aromatic rings. The van der Waals surface area contributed by atoms with E-state index in [9.17, 15) is 10.1 Å². The van der Waals surface area contributed by atoms with Gasteiger partial charge < -0.3 is 0 Å². The van der Waals surface area contributed by atoms with Crippen molar-refractivity contribution in [2.75, 3.05) is 0 Å². The van der Waals surface area contributed by atoms with E-state index in [1.165, 1.54) is 17.8 Å². The molecule has 1 fully saturated rings. The summed E-state index contributed by atoms with van der Waals surface area (Å²) >= 11 is 1.36. The molecule has 1 aliphatic rings. The molecular formula is C21H16N6O2S. The van der Waals surface area contributed by atoms with E-state index in [1.807, 2.05) is 42.5 Å². The maximum Gasteiger partial charge on any atom is 0.295 e. The molecule has 0 spiro atoms. The number of nitro groups is 1. The van der Waals surface area contributed by atoms with Crippen molar-refractivity contribution in [3.63, 3.8) is 0 Å². The van der Waals surface area contributed by atoms with Gasteiger partial charge in [0.2, 0.25) is 0 Å². The molecule has 8 nitrogen and oxygen atoms in total. The van der Waals surface area contributed by atoms with Gasteiger partial charge >= 0.3 is 0 Å². The van der Waals surface area contributed by atoms with E-state index in [-0.39, 0.29) is 5.69 Å². The standard InChI is InChI=1S/C21H16N6O2S/c28-27(29)17-10-11-18(23-19(17)14-5-2-1-3-6-14)30-21-25-24-20(26(21)16-8-9-16)15-7-4-12-22-13-15/h1-7,10-13,16H,8-9H2. The van der Waals surface area contributed by atoms with Gasteiger partial charge in [-0.05, 0) is 42.8 Å². The molecule has 0 unspecified atom stereocenters. The molecule has 5 rings (SSSR count). The van der Waals surface area contributed by atoms with Gasteiger partial charge in [-0.15, -0.1) is 10.2 Å². The maximum absolute atomic E-state index is 11.5. The maximum atomic E-state index is 11.5. The SMILES string of the molecule is O=[N+]([O-])c1ccc(Sc2nnc(-c3cccnc3)n2C2CC2)nc1-c1ccccc1. The minimum atomic E-state index is -0.406. The fourth-order valence-electron chi connectivity index (χ4n) is 3.24. The highest BCUT2D eigenvalue weighted by Gasteiger charge is 2.31. The largest absolute Gasteiger partial charge is 0.299 e. The Hall–Kier alpha value is -3.59. The van der Waals surface area contributed by atoms with Crippen molar-refractivity contribution in [2.45, 2.75) is 29.1 Å². The van der Waals surface area contributed by atoms with Gasteiger partial charge in [0.1, 0.15) is 10.7 Å². The first kappa shape index (κ1) is 18.4. The summed E-state index contributed by atoms with van der Waals surface area (Å²) in [5, 5.41) is 21.6. The van der Waals surface area contributed by atoms with E-state index >= 15 is 0 Å². The van der Waals surface area contributed by atoms with Gasteiger partial charge in [0.05, 0.1) is 4.92 Å². The van der Waals surface area contributed by atoms with Crippen LogP contribution in [0.4, 0.5) is 5.69 Å². The lowest BCUT2D eigenvalue weighted by atomic mass is 10.1. The zero-order chi connectivity index (χ0) is 20.5. The third-order valence-electron chi connectivity index (χ3n) is 4.78. The molecule has 0 amide bonds. The Balaban J connectivity index is 1.54. The molecule has 1 saturated carbocycles. The fraction of sp³-hybridized carbons (Fsp3) is 0.143. The lowest BCUT2D eigenvalue weighted by molar-refractivity contribution is -0.384. The molecule has 1 aromatic carbocycles. The van der Waals surface area contributed by atoms with Crippen LogP contribution in [0.5, 0.6) is 0 Å². The van der Waals surface area contributed by atoms with Crippen molar-refractivity contribution in [1.82, 2.24) is 24.7 Å². The molecule has 30 heavy (non-hydrogen) atoms. The number of hydrogen-bond acceptors (Lipinski definition) is 7. The highest BCUT2D eigenvalue weighted by Crippen LogP contribution is 2.42. The molecule has 3 aromatic heterocycles. The second kappa shape index (κ2) is 7.68. The molecule has 1 aliphatic carbocycles. The topological polar surface area (TPSA) is 99.6 Å². The van der Waals surface area contributed by atoms with Crippen molar-refractivity contribution in [3.05, 3.63) is 77.1 Å². The van der Waals surface area contributed by atoms with Crippen LogP contribution < -0.4 is 0 Å². The van der Waals surface area contributed by atoms with Crippen LogP contribution in [0.25, 0.3) is 22.6 Å². The van der Waals surface area contributed by atoms with E-state index < -0.39 is 4.92 Å². The van der Waals surface area contributed by atoms with Crippen LogP contribution in [0, 0.1) is 10.1 Å². The second-order valence-corrected chi connectivity index (χ2v) is 7.88. The minimum Gasteiger partial charge on any atom is -0.299 e. The average Bonchev–Trinajstić information content (AvgIpc) is 3.54. The summed E-state index contributed by atoms with van der Waals surface area (Å²) in [4.78, 5) is 19.9. The number of rotatable bonds is 6. The van der Waals surface area contributed by atoms with E-state index in [0.29, 0.717) is 22.3 Å². The number of nitrogens with zero attached hydrogens (tertiary/aromatic N) is 6. The van der Waals surface area contributed by atoms with Crippen LogP contribution in [0.15, 0.2) is 77.2 Å². The molecule has 0 saturated heterocycles. The first-order valence-electron chi connectivity index (χ1n) is 9.45. The lowest BCUT2D eigenvalue weighted by Crippen LogP contribution is -2.00. The zero-order valence-corrected chi connectivity index (χ0v) is 16.6. The van der Waals surface area contributed by atoms with Crippen LogP contribution in [0.2, 0.25) is 0 Å². The molecule has 148 valence electrons. The quantitative estimate of drug-likeness (QED) is 0.329. The number of pyridine rings is 2. The Morgan fingerprint density at radius 3 is 2.50 bits per heavy atom. The molecule has 9 heteroatoms. The summed E-state index contributed by atoms with van der Waals surface area (Å²) in [5.41, 5.74) is 1.93. The van der Waals surface area contributed by atoms with Gasteiger partial charge in [0, 0.05) is 35.6 Å². The monoisotopic (exact) mass is 416 g/mol. The van der Waals surface area contributed by atoms with E-state index in [4.69, 9.17) is 0 Å². The van der Waals surface area contributed by atoms with E-state index in [0.717, 1.165) is 29.4 Å². The molecule has 0 N–H and O–H groups in total. The predicted molar refractivity (Wildman–Crippen MR) is 112 cm³/mol. The second-order valence-electron chi connectivity index (χ2n) is 6.89. The van der Waals surface area contributed by atoms with Crippen molar-refractivity contribution in [1.29, 1.82) is 0 Å². The van der Waals surface area contributed by atoms with Crippen LogP contribution in [0.3, 0.4) is 0 Å². The first-order valence-corrected chi connectivity index (χ1v) is 10.3. The van der Waals surface area contributed by atoms with Gasteiger partial charge in [-0.2, -0.15) is 0 Å². The van der Waals surface area contributed by atoms with Crippen molar-refractivity contribution in [2.24, 2.45) is 0 Å². The summed E-state index contributed by atoms with van der Waals surface area (Å²) < 4.78 is 2.12. The van der Waals surface area contributed by atoms with E-state index in [2.05, 4.69) is 24.7 Å². The minimum absolute atomic E-state index is 0.0229. The number of benzene rings is 1. The summed E-state index contributed by atoms with van der Waals surface area (Å²) in [6, 6.07) is 16.5. The van der Waals surface area contributed by atoms with Crippen LogP contribution in [-0.2, 0) is 0 Å². The Bertz CT molecular complexity index is 1210. The van der Waals surface area contributed by atoms with Gasteiger partial charge in [-0.3, -0.25) is 19.7 Å². The Kier molecular flexibility index (Phi) is 4.72. The molecule has 0 bridgehead atoms. The van der Waals surface area contributed by atoms with Crippen molar-refractivity contribution < 1.29 is 4.92 Å². The number of aromatic nitrogens is 5. The number of hydrogen-bond donors (Lipinski definition) is 0. The normalized spacial score (nSPS) is 13.3. The van der Waals surface area contributed by atoms with Crippen molar-refractivity contribution >= 4 is 17.4 Å². The molecule has 0 radical (unpaired) electrons. The summed E-state index contributed by atoms with van der Waals surface area (Å²) in [6.07, 6.45) is 5.64. The molecule has 0 atom stereocenters. The summed E-state index contributed by atoms with van der Waals surface area (Å²) in [5.74, 6) is 0.776. The van der Waals surface area contributed by atoms with Crippen LogP contribution >= 0.6 is 11.8 Å². The third-order valence-corrected chi connectivity index (χ3v) is 5.68. The average molecular weight is 416 g/mol. The van der Waals surface area contributed by atoms with Gasteiger partial charge in [0.25, 0.3) is 5.69 Å². The Morgan fingerprint density at radius 1 is 1.00 bits per heavy atom. The van der Waals surface area contributed by atoms with Crippen LogP contribution in [0.1, 0.15) is 18.9 Å². The highest BCUT2D eigenvalue weighted by molar-refractivity contribution is 7.99. The summed E-state index contributed by atoms with van der Waals surface area (Å²) in [6.45, 7) is 0. The highest BCUT2D eigenvalue weighted by atomic mass is 32.2. The third kappa shape index (κ3) is 3.55. The first-order chi connectivity index (χ1) is 14.7. The molecule has 0 aliphatic heterocycles. The van der Waals surface area contributed by atoms with Gasteiger partial charge in [0.15, 0.2) is 11.0 Å². The Morgan fingerprint density at radius 2 is 1.80 bits per heavy atom.